The van der Waals surface area contributed by atoms with E-state index in [0.29, 0.717) is 5.75 Å². The minimum atomic E-state index is -0.326. The maximum atomic E-state index is 6.11. The van der Waals surface area contributed by atoms with Crippen molar-refractivity contribution in [1.29, 1.82) is 0 Å². The summed E-state index contributed by atoms with van der Waals surface area (Å²) < 4.78 is 12.2. The first-order valence-corrected chi connectivity index (χ1v) is 8.04. The molecule has 0 atom stereocenters. The molecular formula is C17H25BO2S. The van der Waals surface area contributed by atoms with Crippen molar-refractivity contribution in [1.82, 2.24) is 0 Å². The van der Waals surface area contributed by atoms with Gasteiger partial charge in [0, 0.05) is 5.75 Å². The summed E-state index contributed by atoms with van der Waals surface area (Å²) >= 11 is 4.46. The van der Waals surface area contributed by atoms with Gasteiger partial charge in [-0.05, 0) is 58.1 Å². The van der Waals surface area contributed by atoms with Crippen LogP contribution in [0.2, 0.25) is 0 Å². The third-order valence-corrected chi connectivity index (χ3v) is 4.87. The molecule has 1 aromatic rings. The van der Waals surface area contributed by atoms with E-state index in [1.54, 1.807) is 0 Å². The lowest BCUT2D eigenvalue weighted by Crippen LogP contribution is -2.41. The molecule has 0 aliphatic carbocycles. The van der Waals surface area contributed by atoms with Crippen molar-refractivity contribution in [3.05, 3.63) is 40.4 Å². The Labute approximate surface area is 134 Å². The van der Waals surface area contributed by atoms with E-state index in [-0.39, 0.29) is 18.3 Å². The third-order valence-electron chi connectivity index (χ3n) is 4.50. The standard InChI is InChI=1S/C17H25BO2S/c1-12-7-8-14(13(2)9-12)10-15(11-21)18-19-16(3,4)17(5,6)20-18/h7-10,21H,11H2,1-6H3. The van der Waals surface area contributed by atoms with Gasteiger partial charge in [0.1, 0.15) is 0 Å². The van der Waals surface area contributed by atoms with E-state index >= 15 is 0 Å². The number of rotatable bonds is 3. The normalized spacial score (nSPS) is 20.9. The maximum absolute atomic E-state index is 6.11. The van der Waals surface area contributed by atoms with Gasteiger partial charge in [-0.3, -0.25) is 0 Å². The second kappa shape index (κ2) is 5.83. The molecule has 21 heavy (non-hydrogen) atoms. The zero-order valence-electron chi connectivity index (χ0n) is 13.9. The molecule has 0 spiro atoms. The van der Waals surface area contributed by atoms with Crippen molar-refractivity contribution in [3.63, 3.8) is 0 Å². The first-order valence-electron chi connectivity index (χ1n) is 7.40. The summed E-state index contributed by atoms with van der Waals surface area (Å²) in [6.07, 6.45) is 2.14. The number of hydrogen-bond acceptors (Lipinski definition) is 3. The molecule has 0 amide bonds. The molecule has 1 fully saturated rings. The average Bonchev–Trinajstić information content (AvgIpc) is 2.57. The van der Waals surface area contributed by atoms with Gasteiger partial charge in [0.2, 0.25) is 0 Å². The van der Waals surface area contributed by atoms with E-state index in [1.807, 2.05) is 0 Å². The van der Waals surface area contributed by atoms with Gasteiger partial charge in [-0.2, -0.15) is 12.6 Å². The zero-order chi connectivity index (χ0) is 15.8. The molecular weight excluding hydrogens is 279 g/mol. The summed E-state index contributed by atoms with van der Waals surface area (Å²) in [5.41, 5.74) is 4.14. The van der Waals surface area contributed by atoms with Gasteiger partial charge >= 0.3 is 7.12 Å². The van der Waals surface area contributed by atoms with Crippen LogP contribution < -0.4 is 0 Å². The van der Waals surface area contributed by atoms with Gasteiger partial charge in [-0.25, -0.2) is 0 Å². The Morgan fingerprint density at radius 3 is 2.19 bits per heavy atom. The van der Waals surface area contributed by atoms with Crippen molar-refractivity contribution in [3.8, 4) is 0 Å². The molecule has 1 heterocycles. The van der Waals surface area contributed by atoms with Crippen LogP contribution in [0, 0.1) is 13.8 Å². The van der Waals surface area contributed by atoms with Crippen molar-refractivity contribution in [2.75, 3.05) is 5.75 Å². The summed E-state index contributed by atoms with van der Waals surface area (Å²) in [4.78, 5) is 0. The van der Waals surface area contributed by atoms with Gasteiger partial charge in [-0.15, -0.1) is 0 Å². The Morgan fingerprint density at radius 1 is 1.14 bits per heavy atom. The molecule has 0 unspecified atom stereocenters. The van der Waals surface area contributed by atoms with Crippen LogP contribution in [-0.2, 0) is 9.31 Å². The van der Waals surface area contributed by atoms with Crippen LogP contribution in [-0.4, -0.2) is 24.1 Å². The molecule has 0 radical (unpaired) electrons. The Bertz CT molecular complexity index is 548. The van der Waals surface area contributed by atoms with Crippen LogP contribution >= 0.6 is 12.6 Å². The van der Waals surface area contributed by atoms with E-state index in [4.69, 9.17) is 9.31 Å². The van der Waals surface area contributed by atoms with E-state index in [9.17, 15) is 0 Å². The number of aryl methyl sites for hydroxylation is 2. The van der Waals surface area contributed by atoms with Gasteiger partial charge in [0.25, 0.3) is 0 Å². The van der Waals surface area contributed by atoms with E-state index in [1.165, 1.54) is 16.7 Å². The largest absolute Gasteiger partial charge is 0.491 e. The summed E-state index contributed by atoms with van der Waals surface area (Å²) in [6, 6.07) is 6.45. The van der Waals surface area contributed by atoms with Crippen molar-refractivity contribution < 1.29 is 9.31 Å². The van der Waals surface area contributed by atoms with Crippen molar-refractivity contribution >= 4 is 25.8 Å². The number of thiol groups is 1. The molecule has 0 aromatic heterocycles. The highest BCUT2D eigenvalue weighted by atomic mass is 32.1. The van der Waals surface area contributed by atoms with Crippen LogP contribution in [0.5, 0.6) is 0 Å². The van der Waals surface area contributed by atoms with Crippen LogP contribution in [0.3, 0.4) is 0 Å². The highest BCUT2D eigenvalue weighted by Gasteiger charge is 2.52. The van der Waals surface area contributed by atoms with Gasteiger partial charge in [-0.1, -0.05) is 29.8 Å². The molecule has 0 N–H and O–H groups in total. The third kappa shape index (κ3) is 3.38. The Kier molecular flexibility index (Phi) is 4.62. The van der Waals surface area contributed by atoms with Gasteiger partial charge in [0.05, 0.1) is 11.2 Å². The van der Waals surface area contributed by atoms with Crippen molar-refractivity contribution in [2.24, 2.45) is 0 Å². The summed E-state index contributed by atoms with van der Waals surface area (Å²) in [7, 11) is -0.326. The Morgan fingerprint density at radius 2 is 1.71 bits per heavy atom. The molecule has 1 aromatic carbocycles. The minimum Gasteiger partial charge on any atom is -0.400 e. The van der Waals surface area contributed by atoms with E-state index in [2.05, 4.69) is 78.4 Å². The molecule has 114 valence electrons. The molecule has 0 saturated carbocycles. The Hall–Kier alpha value is -0.705. The fourth-order valence-corrected chi connectivity index (χ4v) is 2.61. The fraction of sp³-hybridized carbons (Fsp3) is 0.529. The van der Waals surface area contributed by atoms with Gasteiger partial charge in [0.15, 0.2) is 0 Å². The summed E-state index contributed by atoms with van der Waals surface area (Å²) in [5.74, 6) is 0.615. The first kappa shape index (κ1) is 16.7. The highest BCUT2D eigenvalue weighted by Crippen LogP contribution is 2.39. The molecule has 4 heteroatoms. The second-order valence-electron chi connectivity index (χ2n) is 6.83. The van der Waals surface area contributed by atoms with Crippen molar-refractivity contribution in [2.45, 2.75) is 52.7 Å². The predicted octanol–water partition coefficient (Wildman–Crippen LogP) is 4.25. The SMILES string of the molecule is Cc1ccc(C=C(CS)B2OC(C)(C)C(C)(C)O2)c(C)c1. The maximum Gasteiger partial charge on any atom is 0.491 e. The van der Waals surface area contributed by atoms with Crippen LogP contribution in [0.4, 0.5) is 0 Å². The molecule has 1 saturated heterocycles. The smallest absolute Gasteiger partial charge is 0.400 e. The van der Waals surface area contributed by atoms with E-state index in [0.717, 1.165) is 5.47 Å². The van der Waals surface area contributed by atoms with Crippen LogP contribution in [0.15, 0.2) is 23.7 Å². The second-order valence-corrected chi connectivity index (χ2v) is 7.14. The first-order chi connectivity index (χ1) is 9.66. The minimum absolute atomic E-state index is 0.317. The quantitative estimate of drug-likeness (QED) is 0.665. The zero-order valence-corrected chi connectivity index (χ0v) is 14.8. The fourth-order valence-electron chi connectivity index (χ4n) is 2.37. The number of hydrogen-bond donors (Lipinski definition) is 1. The summed E-state index contributed by atoms with van der Waals surface area (Å²) in [5, 5.41) is 0. The predicted molar refractivity (Wildman–Crippen MR) is 93.8 cm³/mol. The molecule has 0 bridgehead atoms. The lowest BCUT2D eigenvalue weighted by Gasteiger charge is -2.32. The average molecular weight is 304 g/mol. The topological polar surface area (TPSA) is 18.5 Å². The number of benzene rings is 1. The Balaban J connectivity index is 2.31. The van der Waals surface area contributed by atoms with Crippen LogP contribution in [0.1, 0.15) is 44.4 Å². The highest BCUT2D eigenvalue weighted by molar-refractivity contribution is 7.80. The van der Waals surface area contributed by atoms with E-state index < -0.39 is 0 Å². The molecule has 1 aliphatic heterocycles. The lowest BCUT2D eigenvalue weighted by molar-refractivity contribution is 0.00578. The van der Waals surface area contributed by atoms with Crippen LogP contribution in [0.25, 0.3) is 6.08 Å². The molecule has 2 nitrogen and oxygen atoms in total. The summed E-state index contributed by atoms with van der Waals surface area (Å²) in [6.45, 7) is 12.5. The monoisotopic (exact) mass is 304 g/mol. The molecule has 2 rings (SSSR count). The van der Waals surface area contributed by atoms with Gasteiger partial charge < -0.3 is 9.31 Å². The lowest BCUT2D eigenvalue weighted by atomic mass is 9.78. The molecule has 1 aliphatic rings.